The van der Waals surface area contributed by atoms with E-state index in [1.165, 1.54) is 14.1 Å². The molecule has 72 heavy (non-hydrogen) atoms. The topological polar surface area (TPSA) is 278 Å². The molecule has 0 aliphatic rings. The number of carbonyl (C=O) groups is 3. The summed E-state index contributed by atoms with van der Waals surface area (Å²) in [5, 5.41) is 81.2. The van der Waals surface area contributed by atoms with Crippen LogP contribution in [0.15, 0.2) is 29.2 Å². The first-order valence-corrected chi connectivity index (χ1v) is 24.0. The molecule has 0 aliphatic carbocycles. The molecule has 1 rings (SSSR count). The van der Waals surface area contributed by atoms with Crippen LogP contribution in [-0.4, -0.2) is 367 Å². The van der Waals surface area contributed by atoms with Crippen LogP contribution in [0, 0.1) is 0 Å². The molecule has 0 heterocycles. The predicted molar refractivity (Wildman–Crippen MR) is 318 cm³/mol. The first kappa shape index (κ1) is 71.2. The second-order valence-corrected chi connectivity index (χ2v) is 19.4. The zero-order valence-corrected chi connectivity index (χ0v) is 41.4. The van der Waals surface area contributed by atoms with Crippen LogP contribution in [0.5, 0.6) is 0 Å². The Balaban J connectivity index is 0.00000152. The van der Waals surface area contributed by atoms with Crippen molar-refractivity contribution in [2.75, 3.05) is 46.9 Å². The molecule has 1 aromatic carbocycles. The van der Waals surface area contributed by atoms with Gasteiger partial charge in [-0.3, -0.25) is 14.4 Å². The second-order valence-electron chi connectivity index (χ2n) is 17.5. The number of aliphatic carboxylic acids is 1. The monoisotopic (exact) mass is 956 g/mol. The number of unbranched alkanes of at least 4 members (excludes halogenated alkanes) is 1. The lowest BCUT2D eigenvalue weighted by Gasteiger charge is -2.49. The number of benzene rings is 1. The number of rotatable bonds is 33. The molecule has 0 fully saturated rings. The van der Waals surface area contributed by atoms with Gasteiger partial charge in [-0.1, -0.05) is 12.1 Å². The van der Waals surface area contributed by atoms with Crippen molar-refractivity contribution in [2.45, 2.75) is 54.6 Å². The van der Waals surface area contributed by atoms with Gasteiger partial charge in [0.2, 0.25) is 21.8 Å². The molecule has 5 atom stereocenters. The normalized spacial score (nSPS) is 12.9. The van der Waals surface area contributed by atoms with E-state index in [-0.39, 0.29) is 23.3 Å². The van der Waals surface area contributed by atoms with Crippen LogP contribution in [0.1, 0.15) is 19.3 Å². The second kappa shape index (κ2) is 34.8. The standard InChI is InChI=1S/C24H41BN4O13S.B29/c1-26-17(24(37)38)5-3-4-10-27-20(33)12-29(43(41,42)16-8-6-15(7-9-16)25(39)40)13-21(34)28(2)11-18(31)22(35)23(36)19(32)14-30;1-16-24(17(2)3)28(25(18(4)5)19(6)7)29(26(20(8)9)21(10)11)27(22(12)13)23(14)15/h6-9,17-19,22-23,26,30-32,35-36,39-40H,3-5,10-14H2,1-2H3,(H,27,33)(H,37,38);/t17-,18+,19-,22-,23-;/m0./s1. The van der Waals surface area contributed by atoms with Gasteiger partial charge < -0.3 is 56.2 Å². The van der Waals surface area contributed by atoms with Crippen LogP contribution in [0.4, 0.5) is 0 Å². The zero-order chi connectivity index (χ0) is 56.1. The fraction of sp³-hybridized carbons (Fsp3) is 0.625. The summed E-state index contributed by atoms with van der Waals surface area (Å²) in [6.45, 7) is -3.16. The SMILES string of the molecule is CN[C@@H](CCCCNC(=O)CN(CC(=O)N(C)C[C@@H](O)[C@H](O)[C@@H](O)[C@@H](O)CO)S(=O)(=O)c1ccc(B(O)O)cc1)C(=O)O.[B][B]B(B([B])[B])B(B(B([B])[B])B([B])[B])B(B(B([B])[B])B([B])[B])B(B([B])[B])B([B])[B]. The average molecular weight is 950 g/mol. The van der Waals surface area contributed by atoms with Crippen molar-refractivity contribution in [1.29, 1.82) is 0 Å². The van der Waals surface area contributed by atoms with Crippen LogP contribution < -0.4 is 16.1 Å². The van der Waals surface area contributed by atoms with Crippen LogP contribution in [0.2, 0.25) is 0 Å². The van der Waals surface area contributed by atoms with E-state index in [0.717, 1.165) is 36.2 Å². The van der Waals surface area contributed by atoms with Gasteiger partial charge in [0.25, 0.3) is 0 Å². The molecule has 17 nitrogen and oxygen atoms in total. The molecule has 0 bridgehead atoms. The molecule has 31 radical (unpaired) electrons. The van der Waals surface area contributed by atoms with Gasteiger partial charge in [0.15, 0.2) is 0 Å². The third kappa shape index (κ3) is 22.6. The van der Waals surface area contributed by atoms with E-state index in [2.05, 4.69) is 10.6 Å². The lowest BCUT2D eigenvalue weighted by molar-refractivity contribution is -0.140. The van der Waals surface area contributed by atoms with Crippen LogP contribution in [-0.2, 0) is 24.4 Å². The van der Waals surface area contributed by atoms with E-state index in [4.69, 9.17) is 126 Å². The minimum absolute atomic E-state index is 0.0106. The third-order valence-corrected chi connectivity index (χ3v) is 13.9. The summed E-state index contributed by atoms with van der Waals surface area (Å²) < 4.78 is 27.3. The molecule has 0 spiro atoms. The maximum atomic E-state index is 13.4. The number of nitrogens with zero attached hydrogens (tertiary/aromatic N) is 2. The quantitative estimate of drug-likeness (QED) is 0.0232. The van der Waals surface area contributed by atoms with Gasteiger partial charge in [-0.15, -0.1) is 0 Å². The number of hydrogen-bond donors (Lipinski definition) is 10. The molecule has 2 amide bonds. The number of likely N-dealkylation sites (N-methyl/N-ethyl adjacent to an activating group) is 2. The van der Waals surface area contributed by atoms with Gasteiger partial charge in [0.1, 0.15) is 30.5 Å². The lowest BCUT2D eigenvalue weighted by atomic mass is 8.32. The highest BCUT2D eigenvalue weighted by Gasteiger charge is 2.51. The summed E-state index contributed by atoms with van der Waals surface area (Å²) in [7, 11) is 87.5. The Labute approximate surface area is 453 Å². The number of hydrogen-bond acceptors (Lipinski definition) is 13. The van der Waals surface area contributed by atoms with E-state index in [0.29, 0.717) is 17.1 Å². The first-order chi connectivity index (χ1) is 33.3. The number of aliphatic hydroxyl groups excluding tert-OH is 5. The van der Waals surface area contributed by atoms with E-state index < -0.39 is 175 Å². The maximum absolute atomic E-state index is 13.4. The van der Waals surface area contributed by atoms with Gasteiger partial charge >= 0.3 is 13.1 Å². The van der Waals surface area contributed by atoms with Crippen molar-refractivity contribution in [1.82, 2.24) is 19.8 Å². The number of nitrogens with one attached hydrogen (secondary N) is 2. The van der Waals surface area contributed by atoms with Gasteiger partial charge in [0.05, 0.1) is 24.6 Å². The fourth-order valence-corrected chi connectivity index (χ4v) is 9.53. The molecule has 0 saturated heterocycles. The van der Waals surface area contributed by atoms with Gasteiger partial charge in [0, 0.05) is 226 Å². The summed E-state index contributed by atoms with van der Waals surface area (Å²) >= 11 is 0. The molecular formula is C24H41B30N4O13S. The Kier molecular flexibility index (Phi) is 34.4. The zero-order valence-electron chi connectivity index (χ0n) is 40.6. The summed E-state index contributed by atoms with van der Waals surface area (Å²) in [4.78, 5) is 37.1. The van der Waals surface area contributed by atoms with Crippen LogP contribution in [0.25, 0.3) is 0 Å². The minimum Gasteiger partial charge on any atom is -0.480 e. The number of carbonyl (C=O) groups excluding carboxylic acids is 2. The van der Waals surface area contributed by atoms with Gasteiger partial charge in [-0.05, 0) is 43.9 Å². The highest BCUT2D eigenvalue weighted by Crippen LogP contribution is 2.17. The summed E-state index contributed by atoms with van der Waals surface area (Å²) in [6, 6.07) is 3.60. The fourth-order valence-electron chi connectivity index (χ4n) is 8.18. The molecule has 0 unspecified atom stereocenters. The van der Waals surface area contributed by atoms with Crippen molar-refractivity contribution < 1.29 is 63.5 Å². The molecule has 1 aromatic rings. The number of amides is 2. The number of sulfonamides is 1. The predicted octanol–water partition coefficient (Wildman–Crippen LogP) is -16.8. The smallest absolute Gasteiger partial charge is 0.480 e. The van der Waals surface area contributed by atoms with Gasteiger partial charge in [-0.25, -0.2) is 8.42 Å². The molecular weight excluding hydrogens is 909 g/mol. The first-order valence-electron chi connectivity index (χ1n) is 22.6. The Morgan fingerprint density at radius 3 is 1.50 bits per heavy atom. The van der Waals surface area contributed by atoms with Crippen molar-refractivity contribution in [3.8, 4) is 0 Å². The lowest BCUT2D eigenvalue weighted by Crippen LogP contribution is -2.87. The molecule has 0 saturated carbocycles. The summed E-state index contributed by atoms with van der Waals surface area (Å²) in [5.41, 5.74) is -0.0106. The van der Waals surface area contributed by atoms with E-state index >= 15 is 0 Å². The Hall–Kier alpha value is -0.832. The number of carboxylic acid groups (broad SMARTS) is 1. The molecule has 331 valence electrons. The van der Waals surface area contributed by atoms with Crippen molar-refractivity contribution in [3.05, 3.63) is 24.3 Å². The van der Waals surface area contributed by atoms with Crippen LogP contribution in [0.3, 0.4) is 0 Å². The van der Waals surface area contributed by atoms with Gasteiger partial charge in [-0.2, -0.15) is 4.31 Å². The van der Waals surface area contributed by atoms with E-state index in [1.807, 2.05) is 0 Å². The van der Waals surface area contributed by atoms with Crippen molar-refractivity contribution in [2.24, 2.45) is 0 Å². The molecule has 0 aromatic heterocycles. The summed E-state index contributed by atoms with van der Waals surface area (Å²) in [6.07, 6.45) is -18.3. The maximum Gasteiger partial charge on any atom is 0.488 e. The summed E-state index contributed by atoms with van der Waals surface area (Å²) in [5.74, 6) is -2.72. The number of aliphatic hydroxyl groups is 5. The minimum atomic E-state index is -4.52. The average Bonchev–Trinajstić information content (AvgIpc) is 3.27. The third-order valence-electron chi connectivity index (χ3n) is 12.1. The largest absolute Gasteiger partial charge is 0.488 e. The number of carboxylic acids is 1. The molecule has 48 heteroatoms. The molecule has 10 N–H and O–H groups in total. The van der Waals surface area contributed by atoms with Crippen LogP contribution >= 0.6 is 0 Å². The Bertz CT molecular complexity index is 1800. The van der Waals surface area contributed by atoms with Crippen molar-refractivity contribution >= 4 is 247 Å². The van der Waals surface area contributed by atoms with Crippen molar-refractivity contribution in [3.63, 3.8) is 0 Å². The Morgan fingerprint density at radius 2 is 1.12 bits per heavy atom. The highest BCUT2D eigenvalue weighted by molar-refractivity contribution is 8.26. The van der Waals surface area contributed by atoms with E-state index in [9.17, 15) is 53.3 Å². The van der Waals surface area contributed by atoms with E-state index in [1.54, 1.807) is 0 Å². The highest BCUT2D eigenvalue weighted by atomic mass is 32.2. The Morgan fingerprint density at radius 1 is 0.681 bits per heavy atom. The molecule has 0 aliphatic heterocycles.